The first-order valence-corrected chi connectivity index (χ1v) is 6.87. The van der Waals surface area contributed by atoms with Gasteiger partial charge in [-0.05, 0) is 6.42 Å². The lowest BCUT2D eigenvalue weighted by molar-refractivity contribution is -0.142. The van der Waals surface area contributed by atoms with E-state index in [0.717, 1.165) is 17.7 Å². The number of amides is 2. The van der Waals surface area contributed by atoms with Crippen LogP contribution in [0.15, 0.2) is 6.20 Å². The van der Waals surface area contributed by atoms with Gasteiger partial charge in [0.15, 0.2) is 0 Å². The monoisotopic (exact) mass is 296 g/mol. The molecule has 2 amide bonds. The van der Waals surface area contributed by atoms with Gasteiger partial charge in [-0.15, -0.1) is 0 Å². The molecule has 8 heteroatoms. The van der Waals surface area contributed by atoms with Crippen molar-refractivity contribution in [3.05, 3.63) is 17.5 Å². The summed E-state index contributed by atoms with van der Waals surface area (Å²) in [6, 6.07) is -0.898. The Hall–Kier alpha value is -2.09. The van der Waals surface area contributed by atoms with Gasteiger partial charge in [0.1, 0.15) is 5.92 Å². The molecular formula is C13H20N4O4. The van der Waals surface area contributed by atoms with Gasteiger partial charge >= 0.3 is 12.0 Å². The molecule has 0 spiro atoms. The van der Waals surface area contributed by atoms with E-state index in [-0.39, 0.29) is 13.2 Å². The van der Waals surface area contributed by atoms with Gasteiger partial charge in [0, 0.05) is 25.4 Å². The molecule has 1 aromatic rings. The molecule has 0 radical (unpaired) electrons. The molecule has 1 aromatic heterocycles. The van der Waals surface area contributed by atoms with Gasteiger partial charge < -0.3 is 20.5 Å². The number of nitrogens with zero attached hydrogens (tertiary/aromatic N) is 2. The van der Waals surface area contributed by atoms with Crippen LogP contribution in [0.5, 0.6) is 0 Å². The summed E-state index contributed by atoms with van der Waals surface area (Å²) in [4.78, 5) is 22.8. The number of aromatic nitrogens is 2. The third-order valence-corrected chi connectivity index (χ3v) is 3.48. The molecule has 3 N–H and O–H groups in total. The zero-order valence-electron chi connectivity index (χ0n) is 12.1. The van der Waals surface area contributed by atoms with Crippen LogP contribution in [0.1, 0.15) is 18.2 Å². The number of hydrogen-bond donors (Lipinski definition) is 3. The Labute approximate surface area is 122 Å². The van der Waals surface area contributed by atoms with Crippen LogP contribution in [0.2, 0.25) is 0 Å². The highest BCUT2D eigenvalue weighted by Gasteiger charge is 2.35. The summed E-state index contributed by atoms with van der Waals surface area (Å²) in [7, 11) is 1.83. The topological polar surface area (TPSA) is 105 Å². The maximum Gasteiger partial charge on any atom is 0.315 e. The number of carboxylic acids is 1. The normalized spacial score (nSPS) is 21.2. The van der Waals surface area contributed by atoms with Gasteiger partial charge in [0.25, 0.3) is 0 Å². The molecular weight excluding hydrogens is 276 g/mol. The Morgan fingerprint density at radius 3 is 2.95 bits per heavy atom. The summed E-state index contributed by atoms with van der Waals surface area (Å²) < 4.78 is 6.81. The largest absolute Gasteiger partial charge is 0.481 e. The van der Waals surface area contributed by atoms with Gasteiger partial charge in [-0.1, -0.05) is 6.92 Å². The Bertz CT molecular complexity index is 528. The highest BCUT2D eigenvalue weighted by Crippen LogP contribution is 2.13. The number of urea groups is 1. The molecule has 1 fully saturated rings. The summed E-state index contributed by atoms with van der Waals surface area (Å²) >= 11 is 0. The number of carbonyl (C=O) groups is 2. The first kappa shape index (κ1) is 15.3. The second-order valence-electron chi connectivity index (χ2n) is 5.04. The van der Waals surface area contributed by atoms with Crippen LogP contribution in [0.25, 0.3) is 0 Å². The summed E-state index contributed by atoms with van der Waals surface area (Å²) in [5, 5.41) is 18.7. The Kier molecular flexibility index (Phi) is 4.79. The van der Waals surface area contributed by atoms with E-state index in [2.05, 4.69) is 15.7 Å². The van der Waals surface area contributed by atoms with E-state index < -0.39 is 24.0 Å². The van der Waals surface area contributed by atoms with Crippen molar-refractivity contribution in [2.75, 3.05) is 13.2 Å². The van der Waals surface area contributed by atoms with Crippen molar-refractivity contribution in [2.24, 2.45) is 13.0 Å². The molecule has 2 heterocycles. The number of aryl methyl sites for hydroxylation is 2. The maximum atomic E-state index is 11.8. The van der Waals surface area contributed by atoms with E-state index >= 15 is 0 Å². The standard InChI is InChI=1S/C13H20N4O4/c1-3-10-8(5-17(2)16-10)4-14-13(20)15-11-7-21-6-9(11)12(18)19/h5,9,11H,3-4,6-7H2,1-2H3,(H,18,19)(H2,14,15,20). The summed E-state index contributed by atoms with van der Waals surface area (Å²) in [6.07, 6.45) is 2.65. The smallest absolute Gasteiger partial charge is 0.315 e. The summed E-state index contributed by atoms with van der Waals surface area (Å²) in [5.74, 6) is -1.65. The Balaban J connectivity index is 1.86. The maximum absolute atomic E-state index is 11.8. The molecule has 21 heavy (non-hydrogen) atoms. The molecule has 1 saturated heterocycles. The fourth-order valence-corrected chi connectivity index (χ4v) is 2.36. The summed E-state index contributed by atoms with van der Waals surface area (Å²) in [5.41, 5.74) is 1.89. The van der Waals surface area contributed by atoms with Crippen LogP contribution in [0.3, 0.4) is 0 Å². The molecule has 0 saturated carbocycles. The molecule has 1 aliphatic heterocycles. The number of rotatable bonds is 5. The average Bonchev–Trinajstić information content (AvgIpc) is 3.02. The van der Waals surface area contributed by atoms with Crippen molar-refractivity contribution < 1.29 is 19.4 Å². The van der Waals surface area contributed by atoms with Gasteiger partial charge in [0.05, 0.1) is 24.9 Å². The predicted molar refractivity (Wildman–Crippen MR) is 73.7 cm³/mol. The van der Waals surface area contributed by atoms with Gasteiger partial charge in [-0.3, -0.25) is 9.48 Å². The van der Waals surface area contributed by atoms with Gasteiger partial charge in [0.2, 0.25) is 0 Å². The molecule has 116 valence electrons. The Morgan fingerprint density at radius 2 is 2.29 bits per heavy atom. The molecule has 0 aromatic carbocycles. The van der Waals surface area contributed by atoms with Crippen LogP contribution >= 0.6 is 0 Å². The molecule has 2 unspecified atom stereocenters. The van der Waals surface area contributed by atoms with Crippen molar-refractivity contribution in [1.29, 1.82) is 0 Å². The lowest BCUT2D eigenvalue weighted by atomic mass is 10.0. The molecule has 0 aliphatic carbocycles. The second kappa shape index (κ2) is 6.57. The van der Waals surface area contributed by atoms with E-state index in [1.807, 2.05) is 20.2 Å². The van der Waals surface area contributed by atoms with Crippen LogP contribution in [0.4, 0.5) is 4.79 Å². The van der Waals surface area contributed by atoms with Crippen molar-refractivity contribution in [1.82, 2.24) is 20.4 Å². The highest BCUT2D eigenvalue weighted by atomic mass is 16.5. The number of nitrogens with one attached hydrogen (secondary N) is 2. The lowest BCUT2D eigenvalue weighted by Crippen LogP contribution is -2.47. The third kappa shape index (κ3) is 3.72. The van der Waals surface area contributed by atoms with Crippen LogP contribution in [0, 0.1) is 5.92 Å². The molecule has 0 bridgehead atoms. The van der Waals surface area contributed by atoms with E-state index in [4.69, 9.17) is 9.84 Å². The number of aliphatic carboxylic acids is 1. The van der Waals surface area contributed by atoms with Gasteiger partial charge in [-0.2, -0.15) is 5.10 Å². The zero-order valence-corrected chi connectivity index (χ0v) is 12.1. The van der Waals surface area contributed by atoms with Crippen LogP contribution in [-0.2, 0) is 29.5 Å². The minimum absolute atomic E-state index is 0.128. The Morgan fingerprint density at radius 1 is 1.52 bits per heavy atom. The van der Waals surface area contributed by atoms with Gasteiger partial charge in [-0.25, -0.2) is 4.79 Å². The lowest BCUT2D eigenvalue weighted by Gasteiger charge is -2.16. The van der Waals surface area contributed by atoms with Crippen LogP contribution in [-0.4, -0.2) is 46.1 Å². The van der Waals surface area contributed by atoms with E-state index in [9.17, 15) is 9.59 Å². The minimum Gasteiger partial charge on any atom is -0.481 e. The van der Waals surface area contributed by atoms with E-state index in [0.29, 0.717) is 6.54 Å². The highest BCUT2D eigenvalue weighted by molar-refractivity contribution is 5.77. The van der Waals surface area contributed by atoms with E-state index in [1.165, 1.54) is 0 Å². The first-order chi connectivity index (χ1) is 10.0. The minimum atomic E-state index is -0.960. The predicted octanol–water partition coefficient (Wildman–Crippen LogP) is -0.119. The molecule has 1 aliphatic rings. The summed E-state index contributed by atoms with van der Waals surface area (Å²) in [6.45, 7) is 2.70. The number of ether oxygens (including phenoxy) is 1. The SMILES string of the molecule is CCc1nn(C)cc1CNC(=O)NC1COCC1C(=O)O. The van der Waals surface area contributed by atoms with Crippen LogP contribution < -0.4 is 10.6 Å². The van der Waals surface area contributed by atoms with Crippen molar-refractivity contribution >= 4 is 12.0 Å². The first-order valence-electron chi connectivity index (χ1n) is 6.87. The zero-order chi connectivity index (χ0) is 15.4. The fourth-order valence-electron chi connectivity index (χ4n) is 2.36. The number of hydrogen-bond acceptors (Lipinski definition) is 4. The quantitative estimate of drug-likeness (QED) is 0.702. The molecule has 2 atom stereocenters. The molecule has 2 rings (SSSR count). The van der Waals surface area contributed by atoms with Crippen molar-refractivity contribution in [3.63, 3.8) is 0 Å². The fraction of sp³-hybridized carbons (Fsp3) is 0.615. The molecule has 8 nitrogen and oxygen atoms in total. The number of carboxylic acid groups (broad SMARTS) is 1. The van der Waals surface area contributed by atoms with Crippen molar-refractivity contribution in [3.8, 4) is 0 Å². The van der Waals surface area contributed by atoms with E-state index in [1.54, 1.807) is 4.68 Å². The average molecular weight is 296 g/mol. The number of carbonyl (C=O) groups excluding carboxylic acids is 1. The van der Waals surface area contributed by atoms with Crippen molar-refractivity contribution in [2.45, 2.75) is 25.9 Å². The third-order valence-electron chi connectivity index (χ3n) is 3.48. The second-order valence-corrected chi connectivity index (χ2v) is 5.04.